The second-order valence-electron chi connectivity index (χ2n) is 0.562. The molecule has 0 saturated heterocycles. The quantitative estimate of drug-likeness (QED) is 0.412. The molecule has 0 spiro atoms. The topological polar surface area (TPSA) is 35.8 Å². The Morgan fingerprint density at radius 3 is 2.60 bits per heavy atom. The van der Waals surface area contributed by atoms with Crippen LogP contribution in [0.25, 0.3) is 0 Å². The first-order valence-electron chi connectivity index (χ1n) is 1.30. The zero-order valence-electron chi connectivity index (χ0n) is 3.02. The molecule has 5 heavy (non-hydrogen) atoms. The van der Waals surface area contributed by atoms with Crippen LogP contribution in [-0.4, -0.2) is 14.5 Å². The first kappa shape index (κ1) is 4.51. The predicted octanol–water partition coefficient (Wildman–Crippen LogP) is -0.694. The smallest absolute Gasteiger partial charge is 0.0566 e. The zero-order valence-corrected chi connectivity index (χ0v) is 3.02. The average molecular weight is 66.9 g/mol. The maximum atomic E-state index is 7.70. The lowest BCUT2D eigenvalue weighted by Gasteiger charge is -1.93. The van der Waals surface area contributed by atoms with Crippen LogP contribution >= 0.6 is 0 Å². The van der Waals surface area contributed by atoms with Crippen molar-refractivity contribution in [1.29, 1.82) is 5.26 Å². The molecule has 0 aliphatic heterocycles. The third-order valence-corrected chi connectivity index (χ3v) is 0.209. The summed E-state index contributed by atoms with van der Waals surface area (Å²) in [6.45, 7) is 0. The molecule has 3 heteroatoms. The van der Waals surface area contributed by atoms with E-state index >= 15 is 0 Å². The van der Waals surface area contributed by atoms with E-state index in [1.165, 1.54) is 7.41 Å². The van der Waals surface area contributed by atoms with Crippen LogP contribution in [0.2, 0.25) is 0 Å². The molecule has 0 bridgehead atoms. The van der Waals surface area contributed by atoms with Crippen molar-refractivity contribution in [3.05, 3.63) is 0 Å². The summed E-state index contributed by atoms with van der Waals surface area (Å²) in [4.78, 5) is 0. The molecule has 26 valence electrons. The Balaban J connectivity index is 2.48. The Hall–Kier alpha value is -0.485. The van der Waals surface area contributed by atoms with E-state index in [4.69, 9.17) is 5.26 Å². The van der Waals surface area contributed by atoms with Gasteiger partial charge < -0.3 is 5.23 Å². The highest BCUT2D eigenvalue weighted by Crippen LogP contribution is 1.31. The Kier molecular flexibility index (Phi) is 3.17. The van der Waals surface area contributed by atoms with Crippen molar-refractivity contribution < 1.29 is 0 Å². The van der Waals surface area contributed by atoms with E-state index in [-0.39, 0.29) is 0 Å². The number of nitrogens with zero attached hydrogens (tertiary/aromatic N) is 1. The van der Waals surface area contributed by atoms with Gasteiger partial charge in [0.05, 0.1) is 0 Å². The standard InChI is InChI=1S/C2H4BN2/c1-5-3-2-4/h5H,1H3/q-1. The van der Waals surface area contributed by atoms with Crippen molar-refractivity contribution in [2.75, 3.05) is 7.05 Å². The van der Waals surface area contributed by atoms with E-state index in [2.05, 4.69) is 5.23 Å². The summed E-state index contributed by atoms with van der Waals surface area (Å²) in [6.07, 6.45) is 0. The van der Waals surface area contributed by atoms with Crippen LogP contribution in [0.5, 0.6) is 0 Å². The van der Waals surface area contributed by atoms with Gasteiger partial charge in [0.1, 0.15) is 0 Å². The monoisotopic (exact) mass is 67.0 g/mol. The van der Waals surface area contributed by atoms with Crippen molar-refractivity contribution in [3.63, 3.8) is 0 Å². The number of rotatable bonds is 1. The van der Waals surface area contributed by atoms with E-state index < -0.39 is 0 Å². The van der Waals surface area contributed by atoms with Crippen molar-refractivity contribution in [1.82, 2.24) is 5.23 Å². The van der Waals surface area contributed by atoms with E-state index in [0.717, 1.165) is 0 Å². The fraction of sp³-hybridized carbons (Fsp3) is 0.500. The van der Waals surface area contributed by atoms with Gasteiger partial charge in [0.25, 0.3) is 0 Å². The minimum atomic E-state index is 1.31. The Labute approximate surface area is 32.1 Å². The molecule has 0 heterocycles. The first-order valence-corrected chi connectivity index (χ1v) is 1.30. The van der Waals surface area contributed by atoms with Crippen LogP contribution in [0.1, 0.15) is 0 Å². The van der Waals surface area contributed by atoms with Crippen molar-refractivity contribution in [2.45, 2.75) is 0 Å². The summed E-state index contributed by atoms with van der Waals surface area (Å²) in [5.74, 6) is 1.78. The second kappa shape index (κ2) is 3.51. The van der Waals surface area contributed by atoms with Crippen molar-refractivity contribution in [2.24, 2.45) is 0 Å². The lowest BCUT2D eigenvalue weighted by atomic mass is 10.0. The van der Waals surface area contributed by atoms with Gasteiger partial charge >= 0.3 is 0 Å². The number of nitriles is 1. The molecule has 2 nitrogen and oxygen atoms in total. The number of nitrogens with one attached hydrogen (secondary N) is 1. The molecule has 0 aromatic heterocycles. The normalized spacial score (nSPS) is 6.40. The Bertz CT molecular complexity index is 46.1. The summed E-state index contributed by atoms with van der Waals surface area (Å²) in [5, 5.41) is 10.2. The van der Waals surface area contributed by atoms with Gasteiger partial charge in [-0.3, -0.25) is 5.26 Å². The zero-order chi connectivity index (χ0) is 4.12. The molecule has 0 unspecified atom stereocenters. The molecular weight excluding hydrogens is 62.8 g/mol. The van der Waals surface area contributed by atoms with Gasteiger partial charge in [0, 0.05) is 0 Å². The Morgan fingerprint density at radius 1 is 2.00 bits per heavy atom. The van der Waals surface area contributed by atoms with Gasteiger partial charge in [0.2, 0.25) is 0 Å². The van der Waals surface area contributed by atoms with Gasteiger partial charge in [-0.2, -0.15) is 0 Å². The first-order chi connectivity index (χ1) is 2.41. The highest BCUT2D eigenvalue weighted by Gasteiger charge is 1.40. The largest absolute Gasteiger partial charge is 0.540 e. The third-order valence-electron chi connectivity index (χ3n) is 0.209. The minimum Gasteiger partial charge on any atom is -0.540 e. The van der Waals surface area contributed by atoms with E-state index in [1.807, 2.05) is 0 Å². The predicted molar refractivity (Wildman–Crippen MR) is 20.4 cm³/mol. The van der Waals surface area contributed by atoms with E-state index in [0.29, 0.717) is 0 Å². The molecule has 0 amide bonds. The summed E-state index contributed by atoms with van der Waals surface area (Å²) in [5.41, 5.74) is 0. The van der Waals surface area contributed by atoms with Crippen LogP contribution < -0.4 is 5.23 Å². The molecule has 0 aliphatic rings. The van der Waals surface area contributed by atoms with Crippen LogP contribution in [-0.2, 0) is 0 Å². The third kappa shape index (κ3) is 3.51. The fourth-order valence-corrected chi connectivity index (χ4v) is 0.0645. The molecule has 0 aromatic carbocycles. The number of hydrogen-bond donors (Lipinski definition) is 1. The van der Waals surface area contributed by atoms with Gasteiger partial charge in [-0.15, -0.1) is 7.41 Å². The van der Waals surface area contributed by atoms with Gasteiger partial charge in [-0.1, -0.05) is 7.05 Å². The maximum absolute atomic E-state index is 7.70. The molecule has 0 aliphatic carbocycles. The highest BCUT2D eigenvalue weighted by molar-refractivity contribution is 6.41. The molecule has 0 aromatic rings. The van der Waals surface area contributed by atoms with Crippen molar-refractivity contribution >= 4 is 7.41 Å². The summed E-state index contributed by atoms with van der Waals surface area (Å²) in [6, 6.07) is 0. The van der Waals surface area contributed by atoms with Crippen LogP contribution in [0.15, 0.2) is 0 Å². The number of hydrogen-bond acceptors (Lipinski definition) is 2. The average Bonchev–Trinajstić information content (AvgIpc) is 1.41. The second-order valence-corrected chi connectivity index (χ2v) is 0.562. The Morgan fingerprint density at radius 2 is 2.60 bits per heavy atom. The van der Waals surface area contributed by atoms with Gasteiger partial charge in [0.15, 0.2) is 0 Å². The van der Waals surface area contributed by atoms with Crippen LogP contribution in [0.3, 0.4) is 0 Å². The lowest BCUT2D eigenvalue weighted by molar-refractivity contribution is 1.25. The maximum Gasteiger partial charge on any atom is -0.0566 e. The van der Waals surface area contributed by atoms with E-state index in [1.54, 1.807) is 13.0 Å². The summed E-state index contributed by atoms with van der Waals surface area (Å²) >= 11 is 0. The van der Waals surface area contributed by atoms with Crippen LogP contribution in [0.4, 0.5) is 0 Å². The molecule has 2 radical (unpaired) electrons. The van der Waals surface area contributed by atoms with Crippen molar-refractivity contribution in [3.8, 4) is 5.97 Å². The van der Waals surface area contributed by atoms with Crippen LogP contribution in [0, 0.1) is 11.2 Å². The van der Waals surface area contributed by atoms with Gasteiger partial charge in [-0.25, -0.2) is 5.97 Å². The lowest BCUT2D eigenvalue weighted by Crippen LogP contribution is -2.08. The molecule has 0 atom stereocenters. The highest BCUT2D eigenvalue weighted by atomic mass is 14.7. The summed E-state index contributed by atoms with van der Waals surface area (Å²) in [7, 11) is 2.99. The van der Waals surface area contributed by atoms with E-state index in [9.17, 15) is 0 Å². The molecule has 1 N–H and O–H groups in total. The summed E-state index contributed by atoms with van der Waals surface area (Å²) < 4.78 is 0. The molecule has 0 rings (SSSR count). The molecule has 0 saturated carbocycles. The molecule has 0 fully saturated rings. The molecular formula is C2H4BN2-. The fourth-order valence-electron chi connectivity index (χ4n) is 0.0645. The SMILES string of the molecule is CN[B-]C#N. The minimum absolute atomic E-state index is 1.31. The van der Waals surface area contributed by atoms with Gasteiger partial charge in [-0.05, 0) is 0 Å².